The second-order valence-corrected chi connectivity index (χ2v) is 7.86. The first-order valence-corrected chi connectivity index (χ1v) is 6.31. The minimum Gasteiger partial charge on any atom is -0.0657 e. The van der Waals surface area contributed by atoms with Crippen molar-refractivity contribution in [2.75, 3.05) is 0 Å². The predicted octanol–water partition coefficient (Wildman–Crippen LogP) is 4.16. The number of rotatable bonds is 1. The molecular weight excluding hydrogens is 465 g/mol. The molecule has 1 aromatic rings. The highest BCUT2D eigenvalue weighted by atomic mass is 127. The van der Waals surface area contributed by atoms with Gasteiger partial charge in [0, 0.05) is 3.57 Å². The van der Waals surface area contributed by atoms with Gasteiger partial charge in [0.15, 0.2) is 0 Å². The van der Waals surface area contributed by atoms with Crippen molar-refractivity contribution in [2.45, 2.75) is 1.93 Å². The molecule has 3 heteroatoms. The molecule has 0 saturated carbocycles. The lowest BCUT2D eigenvalue weighted by molar-refractivity contribution is 1.42. The smallest absolute Gasteiger partial charge is 0.0657 e. The number of hydrogen-bond donors (Lipinski definition) is 0. The number of hydrogen-bond acceptors (Lipinski definition) is 0. The predicted molar refractivity (Wildman–Crippen MR) is 69.9 cm³/mol. The van der Waals surface area contributed by atoms with Crippen LogP contribution in [0.15, 0.2) is 24.3 Å². The number of halogens is 3. The topological polar surface area (TPSA) is 0 Å². The summed E-state index contributed by atoms with van der Waals surface area (Å²) in [5, 5.41) is 0. The summed E-state index contributed by atoms with van der Waals surface area (Å²) in [7, 11) is 0. The van der Waals surface area contributed by atoms with Crippen molar-refractivity contribution in [1.29, 1.82) is 0 Å². The summed E-state index contributed by atoms with van der Waals surface area (Å²) in [5.41, 5.74) is 1.42. The van der Waals surface area contributed by atoms with E-state index in [-0.39, 0.29) is 0 Å². The van der Waals surface area contributed by atoms with Crippen molar-refractivity contribution in [3.63, 3.8) is 0 Å². The van der Waals surface area contributed by atoms with E-state index in [2.05, 4.69) is 92.0 Å². The van der Waals surface area contributed by atoms with Crippen molar-refractivity contribution < 1.29 is 0 Å². The molecule has 0 saturated heterocycles. The fraction of sp³-hybridized carbons (Fsp3) is 0.143. The van der Waals surface area contributed by atoms with Crippen LogP contribution in [0.5, 0.6) is 0 Å². The zero-order chi connectivity index (χ0) is 7.56. The van der Waals surface area contributed by atoms with Gasteiger partial charge in [-0.1, -0.05) is 63.4 Å². The van der Waals surface area contributed by atoms with E-state index in [1.807, 2.05) is 0 Å². The van der Waals surface area contributed by atoms with Crippen molar-refractivity contribution in [2.24, 2.45) is 0 Å². The van der Waals surface area contributed by atoms with Gasteiger partial charge in [-0.2, -0.15) is 0 Å². The minimum atomic E-state index is 0.586. The second-order valence-electron chi connectivity index (χ2n) is 1.82. The third-order valence-corrected chi connectivity index (χ3v) is 3.46. The summed E-state index contributed by atoms with van der Waals surface area (Å²) < 4.78 is 1.94. The van der Waals surface area contributed by atoms with Crippen LogP contribution >= 0.6 is 67.8 Å². The Balaban J connectivity index is 3.03. The second kappa shape index (κ2) is 4.44. The Kier molecular flexibility index (Phi) is 4.22. The van der Waals surface area contributed by atoms with Crippen LogP contribution in [-0.4, -0.2) is 0 Å². The molecular formula is C7H5I3. The average molecular weight is 470 g/mol. The van der Waals surface area contributed by atoms with E-state index < -0.39 is 0 Å². The van der Waals surface area contributed by atoms with Crippen molar-refractivity contribution >= 4 is 67.8 Å². The van der Waals surface area contributed by atoms with Gasteiger partial charge in [-0.15, -0.1) is 0 Å². The van der Waals surface area contributed by atoms with E-state index in [9.17, 15) is 0 Å². The molecule has 0 spiro atoms. The summed E-state index contributed by atoms with van der Waals surface area (Å²) in [6.45, 7) is 0. The fourth-order valence-electron chi connectivity index (χ4n) is 0.652. The first-order chi connectivity index (χ1) is 4.72. The van der Waals surface area contributed by atoms with Gasteiger partial charge >= 0.3 is 0 Å². The molecule has 54 valence electrons. The molecule has 0 N–H and O–H groups in total. The Morgan fingerprint density at radius 2 is 1.70 bits per heavy atom. The average Bonchev–Trinajstić information content (AvgIpc) is 1.88. The molecule has 10 heavy (non-hydrogen) atoms. The molecule has 1 rings (SSSR count). The lowest BCUT2D eigenvalue weighted by Crippen LogP contribution is -1.83. The quantitative estimate of drug-likeness (QED) is 0.428. The minimum absolute atomic E-state index is 0.586. The third-order valence-electron chi connectivity index (χ3n) is 1.14. The Bertz CT molecular complexity index is 220. The van der Waals surface area contributed by atoms with Crippen molar-refractivity contribution in [3.8, 4) is 0 Å². The van der Waals surface area contributed by atoms with Gasteiger partial charge in [-0.3, -0.25) is 0 Å². The van der Waals surface area contributed by atoms with Crippen molar-refractivity contribution in [1.82, 2.24) is 0 Å². The van der Waals surface area contributed by atoms with Crippen LogP contribution in [0, 0.1) is 3.57 Å². The van der Waals surface area contributed by atoms with Crippen LogP contribution in [-0.2, 0) is 0 Å². The summed E-state index contributed by atoms with van der Waals surface area (Å²) in [6.07, 6.45) is 0. The molecule has 0 radical (unpaired) electrons. The highest BCUT2D eigenvalue weighted by molar-refractivity contribution is 14.2. The first kappa shape index (κ1) is 9.50. The van der Waals surface area contributed by atoms with Gasteiger partial charge in [0.1, 0.15) is 0 Å². The van der Waals surface area contributed by atoms with Crippen LogP contribution < -0.4 is 0 Å². The number of alkyl halides is 2. The van der Waals surface area contributed by atoms with Gasteiger partial charge in [0.2, 0.25) is 0 Å². The van der Waals surface area contributed by atoms with Crippen LogP contribution in [0.3, 0.4) is 0 Å². The molecule has 0 aromatic heterocycles. The lowest BCUT2D eigenvalue weighted by atomic mass is 10.2. The van der Waals surface area contributed by atoms with Gasteiger partial charge in [-0.25, -0.2) is 0 Å². The normalized spacial score (nSPS) is 10.4. The zero-order valence-electron chi connectivity index (χ0n) is 5.02. The summed E-state index contributed by atoms with van der Waals surface area (Å²) in [5.74, 6) is 0. The summed E-state index contributed by atoms with van der Waals surface area (Å²) in [6, 6.07) is 8.47. The maximum atomic E-state index is 2.42. The fourth-order valence-corrected chi connectivity index (χ4v) is 3.63. The number of benzene rings is 1. The maximum absolute atomic E-state index is 2.42. The lowest BCUT2D eigenvalue weighted by Gasteiger charge is -2.03. The molecule has 0 aliphatic rings. The monoisotopic (exact) mass is 470 g/mol. The van der Waals surface area contributed by atoms with Crippen LogP contribution in [0.25, 0.3) is 0 Å². The Morgan fingerprint density at radius 3 is 2.10 bits per heavy atom. The van der Waals surface area contributed by atoms with E-state index in [1.54, 1.807) is 0 Å². The van der Waals surface area contributed by atoms with Crippen LogP contribution in [0.1, 0.15) is 7.49 Å². The Morgan fingerprint density at radius 1 is 1.10 bits per heavy atom. The van der Waals surface area contributed by atoms with Gasteiger partial charge in [-0.05, 0) is 34.2 Å². The van der Waals surface area contributed by atoms with Crippen LogP contribution in [0.4, 0.5) is 0 Å². The van der Waals surface area contributed by atoms with E-state index in [0.29, 0.717) is 1.93 Å². The molecule has 0 bridgehead atoms. The van der Waals surface area contributed by atoms with E-state index in [4.69, 9.17) is 0 Å². The van der Waals surface area contributed by atoms with E-state index in [0.717, 1.165) is 0 Å². The van der Waals surface area contributed by atoms with Gasteiger partial charge in [0.05, 0.1) is 1.93 Å². The molecule has 0 aliphatic carbocycles. The molecule has 0 fully saturated rings. The first-order valence-electron chi connectivity index (χ1n) is 2.74. The molecule has 0 amide bonds. The maximum Gasteiger partial charge on any atom is 0.0885 e. The zero-order valence-corrected chi connectivity index (χ0v) is 11.5. The summed E-state index contributed by atoms with van der Waals surface area (Å²) in [4.78, 5) is 0. The molecule has 0 nitrogen and oxygen atoms in total. The molecule has 0 aliphatic heterocycles. The van der Waals surface area contributed by atoms with Gasteiger partial charge in [0.25, 0.3) is 0 Å². The third kappa shape index (κ3) is 2.47. The molecule has 0 unspecified atom stereocenters. The van der Waals surface area contributed by atoms with Crippen LogP contribution in [0.2, 0.25) is 0 Å². The SMILES string of the molecule is Ic1ccccc1C(I)I. The van der Waals surface area contributed by atoms with Crippen molar-refractivity contribution in [3.05, 3.63) is 33.4 Å². The highest BCUT2D eigenvalue weighted by Gasteiger charge is 2.04. The Labute approximate surface area is 102 Å². The highest BCUT2D eigenvalue weighted by Crippen LogP contribution is 2.32. The molecule has 0 heterocycles. The van der Waals surface area contributed by atoms with Gasteiger partial charge < -0.3 is 0 Å². The summed E-state index contributed by atoms with van der Waals surface area (Å²) >= 11 is 7.20. The Hall–Kier alpha value is 1.41. The molecule has 1 aromatic carbocycles. The standard InChI is InChI=1S/C7H5I3/c8-6-4-2-1-3-5(6)7(9)10/h1-4,7H. The van der Waals surface area contributed by atoms with E-state index in [1.165, 1.54) is 9.13 Å². The van der Waals surface area contributed by atoms with E-state index >= 15 is 0 Å². The largest absolute Gasteiger partial charge is 0.0885 e. The molecule has 0 atom stereocenters.